The maximum absolute atomic E-state index is 12.0. The summed E-state index contributed by atoms with van der Waals surface area (Å²) in [5, 5.41) is 9.84. The molecule has 2 aliphatic heterocycles. The Kier molecular flexibility index (Phi) is 12.3. The number of methoxy groups -OCH3 is 2. The van der Waals surface area contributed by atoms with Crippen LogP contribution in [0.25, 0.3) is 0 Å². The van der Waals surface area contributed by atoms with Crippen LogP contribution in [0.1, 0.15) is 29.9 Å². The summed E-state index contributed by atoms with van der Waals surface area (Å²) in [7, 11) is 3.36. The second-order valence-electron chi connectivity index (χ2n) is 10.3. The summed E-state index contributed by atoms with van der Waals surface area (Å²) in [5.74, 6) is 1.27. The van der Waals surface area contributed by atoms with Crippen molar-refractivity contribution in [3.63, 3.8) is 0 Å². The van der Waals surface area contributed by atoms with Crippen molar-refractivity contribution in [3.05, 3.63) is 53.6 Å². The number of anilines is 1. The molecule has 1 amide bonds. The Morgan fingerprint density at radius 2 is 1.74 bits per heavy atom. The van der Waals surface area contributed by atoms with E-state index in [1.54, 1.807) is 14.2 Å². The number of likely N-dealkylation sites (tertiary alicyclic amines) is 1. The fourth-order valence-corrected chi connectivity index (χ4v) is 5.46. The van der Waals surface area contributed by atoms with Crippen LogP contribution >= 0.6 is 0 Å². The van der Waals surface area contributed by atoms with Crippen molar-refractivity contribution in [2.45, 2.75) is 37.6 Å². The molecule has 0 bridgehead atoms. The zero-order valence-corrected chi connectivity index (χ0v) is 24.4. The number of amides is 1. The van der Waals surface area contributed by atoms with Crippen LogP contribution < -0.4 is 14.4 Å². The Balaban J connectivity index is 1.52. The van der Waals surface area contributed by atoms with Crippen LogP contribution in [-0.4, -0.2) is 108 Å². The average Bonchev–Trinajstić information content (AvgIpc) is 3.01. The van der Waals surface area contributed by atoms with Gasteiger partial charge in [0.15, 0.2) is 0 Å². The molecule has 1 fully saturated rings. The minimum absolute atomic E-state index is 0.133. The quantitative estimate of drug-likeness (QED) is 0.231. The van der Waals surface area contributed by atoms with Crippen molar-refractivity contribution in [3.8, 4) is 11.5 Å². The van der Waals surface area contributed by atoms with Gasteiger partial charge in [-0.15, -0.1) is 0 Å². The van der Waals surface area contributed by atoms with Gasteiger partial charge in [-0.05, 0) is 41.8 Å². The molecule has 0 aliphatic carbocycles. The smallest absolute Gasteiger partial charge is 0.407 e. The van der Waals surface area contributed by atoms with Crippen LogP contribution in [0.15, 0.2) is 42.5 Å². The number of fused-ring (bicyclic) bond motifs is 1. The summed E-state index contributed by atoms with van der Waals surface area (Å²) < 4.78 is 34.3. The van der Waals surface area contributed by atoms with Crippen molar-refractivity contribution in [2.75, 3.05) is 78.3 Å². The van der Waals surface area contributed by atoms with E-state index < -0.39 is 18.3 Å². The van der Waals surface area contributed by atoms with Crippen molar-refractivity contribution in [2.24, 2.45) is 0 Å². The van der Waals surface area contributed by atoms with E-state index in [1.807, 2.05) is 36.4 Å². The minimum atomic E-state index is -1.06. The predicted molar refractivity (Wildman–Crippen MR) is 156 cm³/mol. The lowest BCUT2D eigenvalue weighted by Crippen LogP contribution is -2.54. The van der Waals surface area contributed by atoms with Gasteiger partial charge in [-0.3, -0.25) is 0 Å². The predicted octanol–water partition coefficient (Wildman–Crippen LogP) is 3.58. The topological polar surface area (TPSA) is 116 Å². The van der Waals surface area contributed by atoms with E-state index in [2.05, 4.69) is 11.0 Å². The summed E-state index contributed by atoms with van der Waals surface area (Å²) in [4.78, 5) is 26.8. The third kappa shape index (κ3) is 8.57. The Bertz CT molecular complexity index is 1130. The number of piperidine rings is 1. The van der Waals surface area contributed by atoms with E-state index in [4.69, 9.17) is 28.4 Å². The Morgan fingerprint density at radius 1 is 1.00 bits per heavy atom. The van der Waals surface area contributed by atoms with Crippen LogP contribution in [0.5, 0.6) is 11.5 Å². The molecule has 2 aromatic carbocycles. The van der Waals surface area contributed by atoms with Gasteiger partial charge in [-0.2, -0.15) is 0 Å². The highest BCUT2D eigenvalue weighted by molar-refractivity contribution is 5.65. The van der Waals surface area contributed by atoms with Crippen LogP contribution in [0.2, 0.25) is 0 Å². The summed E-state index contributed by atoms with van der Waals surface area (Å²) in [6.07, 6.45) is 0.237. The fourth-order valence-electron chi connectivity index (χ4n) is 5.46. The molecule has 4 rings (SSSR count). The molecule has 2 aromatic rings. The number of rotatable bonds is 16. The maximum Gasteiger partial charge on any atom is 0.407 e. The first kappa shape index (κ1) is 31.6. The number of hydrogen-bond donors (Lipinski definition) is 1. The summed E-state index contributed by atoms with van der Waals surface area (Å²) >= 11 is 0. The molecule has 0 spiro atoms. The molecule has 0 saturated carbocycles. The lowest BCUT2D eigenvalue weighted by Gasteiger charge is -2.42. The highest BCUT2D eigenvalue weighted by Crippen LogP contribution is 2.36. The Labute approximate surface area is 247 Å². The molecule has 2 aliphatic rings. The highest BCUT2D eigenvalue weighted by Gasteiger charge is 2.41. The SMILES string of the molecule is COCCCOc1ccc([C@@H]2[C@@H](OCc3ccc4c(c3)N(CCCOC)CCO4)CN(C(=O)O)C[C@H]2OCC=O)cc1. The second-order valence-corrected chi connectivity index (χ2v) is 10.3. The summed E-state index contributed by atoms with van der Waals surface area (Å²) in [5.41, 5.74) is 2.89. The number of aldehydes is 1. The zero-order chi connectivity index (χ0) is 29.7. The number of benzene rings is 2. The van der Waals surface area contributed by atoms with Gasteiger partial charge < -0.3 is 48.1 Å². The van der Waals surface area contributed by atoms with Crippen molar-refractivity contribution >= 4 is 18.1 Å². The van der Waals surface area contributed by atoms with Crippen LogP contribution in [0.4, 0.5) is 10.5 Å². The fraction of sp³-hybridized carbons (Fsp3) is 0.548. The number of carbonyl (C=O) groups excluding carboxylic acids is 1. The first-order valence-electron chi connectivity index (χ1n) is 14.4. The summed E-state index contributed by atoms with van der Waals surface area (Å²) in [6, 6.07) is 13.7. The van der Waals surface area contributed by atoms with E-state index in [-0.39, 0.29) is 32.2 Å². The van der Waals surface area contributed by atoms with Gasteiger partial charge in [0.25, 0.3) is 0 Å². The molecule has 2 heterocycles. The summed E-state index contributed by atoms with van der Waals surface area (Å²) in [6.45, 7) is 4.57. The van der Waals surface area contributed by atoms with Gasteiger partial charge in [-0.1, -0.05) is 18.2 Å². The van der Waals surface area contributed by atoms with E-state index in [9.17, 15) is 14.7 Å². The number of carboxylic acid groups (broad SMARTS) is 1. The van der Waals surface area contributed by atoms with Gasteiger partial charge in [0.2, 0.25) is 0 Å². The van der Waals surface area contributed by atoms with Gasteiger partial charge >= 0.3 is 6.09 Å². The Morgan fingerprint density at radius 3 is 2.45 bits per heavy atom. The van der Waals surface area contributed by atoms with Gasteiger partial charge in [0.1, 0.15) is 31.0 Å². The molecule has 0 unspecified atom stereocenters. The number of carbonyl (C=O) groups is 2. The third-order valence-corrected chi connectivity index (χ3v) is 7.50. The molecule has 11 nitrogen and oxygen atoms in total. The Hall–Kier alpha value is -3.38. The number of hydrogen-bond acceptors (Lipinski definition) is 9. The molecule has 11 heteroatoms. The lowest BCUT2D eigenvalue weighted by atomic mass is 9.84. The van der Waals surface area contributed by atoms with Gasteiger partial charge in [0.05, 0.1) is 50.7 Å². The molecular formula is C31H42N2O9. The second kappa shape index (κ2) is 16.3. The average molecular weight is 587 g/mol. The highest BCUT2D eigenvalue weighted by atomic mass is 16.5. The standard InChI is InChI=1S/C31H42N2O9/c1-37-14-3-11-32-12-17-40-27-10-5-23(19-26(27)32)22-42-29-21-33(31(35)36)20-28(41-18-13-34)30(29)24-6-8-25(9-7-24)39-16-4-15-38-2/h5-10,13,19,28-30H,3-4,11-12,14-18,20-22H2,1-2H3,(H,35,36)/t28-,29+,30+/m1/s1. The van der Waals surface area contributed by atoms with Gasteiger partial charge in [0, 0.05) is 46.3 Å². The van der Waals surface area contributed by atoms with Crippen molar-refractivity contribution in [1.82, 2.24) is 4.90 Å². The van der Waals surface area contributed by atoms with E-state index in [0.717, 1.165) is 54.2 Å². The maximum atomic E-state index is 12.0. The van der Waals surface area contributed by atoms with Crippen LogP contribution in [-0.2, 0) is 30.3 Å². The molecule has 1 saturated heterocycles. The monoisotopic (exact) mass is 586 g/mol. The van der Waals surface area contributed by atoms with E-state index in [1.165, 1.54) is 4.90 Å². The normalized spacial score (nSPS) is 20.1. The molecule has 3 atom stereocenters. The molecule has 1 N–H and O–H groups in total. The van der Waals surface area contributed by atoms with E-state index in [0.29, 0.717) is 32.7 Å². The zero-order valence-electron chi connectivity index (χ0n) is 24.4. The lowest BCUT2D eigenvalue weighted by molar-refractivity contribution is -0.120. The van der Waals surface area contributed by atoms with E-state index >= 15 is 0 Å². The molecule has 230 valence electrons. The first-order valence-corrected chi connectivity index (χ1v) is 14.4. The molecule has 42 heavy (non-hydrogen) atoms. The largest absolute Gasteiger partial charge is 0.494 e. The van der Waals surface area contributed by atoms with Gasteiger partial charge in [-0.25, -0.2) is 4.79 Å². The molecule has 0 aromatic heterocycles. The van der Waals surface area contributed by atoms with Crippen molar-refractivity contribution < 1.29 is 43.1 Å². The number of nitrogens with zero attached hydrogens (tertiary/aromatic N) is 2. The molecular weight excluding hydrogens is 544 g/mol. The third-order valence-electron chi connectivity index (χ3n) is 7.50. The minimum Gasteiger partial charge on any atom is -0.494 e. The van der Waals surface area contributed by atoms with Crippen LogP contribution in [0.3, 0.4) is 0 Å². The van der Waals surface area contributed by atoms with Crippen LogP contribution in [0, 0.1) is 0 Å². The number of ether oxygens (including phenoxy) is 6. The first-order chi connectivity index (χ1) is 20.5. The molecule has 0 radical (unpaired) electrons. The van der Waals surface area contributed by atoms with Crippen molar-refractivity contribution in [1.29, 1.82) is 0 Å².